The van der Waals surface area contributed by atoms with Crippen molar-refractivity contribution < 1.29 is 0 Å². The average Bonchev–Trinajstić information content (AvgIpc) is 2.97. The summed E-state index contributed by atoms with van der Waals surface area (Å²) in [6.45, 7) is 10.3. The van der Waals surface area contributed by atoms with Crippen molar-refractivity contribution in [3.8, 4) is 5.69 Å². The summed E-state index contributed by atoms with van der Waals surface area (Å²) in [7, 11) is 0. The molecule has 0 saturated heterocycles. The molecule has 0 N–H and O–H groups in total. The monoisotopic (exact) mass is 345 g/mol. The lowest BCUT2D eigenvalue weighted by Crippen LogP contribution is -2.21. The number of anilines is 1. The quantitative estimate of drug-likeness (QED) is 0.549. The zero-order chi connectivity index (χ0) is 18.3. The third-order valence-corrected chi connectivity index (χ3v) is 4.83. The van der Waals surface area contributed by atoms with Gasteiger partial charge in [0.2, 0.25) is 0 Å². The van der Waals surface area contributed by atoms with Crippen LogP contribution in [0.3, 0.4) is 0 Å². The summed E-state index contributed by atoms with van der Waals surface area (Å²) >= 11 is 0. The lowest BCUT2D eigenvalue weighted by atomic mass is 10.2. The van der Waals surface area contributed by atoms with Crippen LogP contribution in [0.4, 0.5) is 5.69 Å². The highest BCUT2D eigenvalue weighted by molar-refractivity contribution is 5.88. The van der Waals surface area contributed by atoms with Gasteiger partial charge in [-0.2, -0.15) is 5.10 Å². The van der Waals surface area contributed by atoms with Gasteiger partial charge in [-0.15, -0.1) is 0 Å². The summed E-state index contributed by atoms with van der Waals surface area (Å²) in [5.41, 5.74) is 7.75. The highest BCUT2D eigenvalue weighted by Crippen LogP contribution is 2.25. The summed E-state index contributed by atoms with van der Waals surface area (Å²) in [5.74, 6) is 0. The summed E-state index contributed by atoms with van der Waals surface area (Å²) in [6.07, 6.45) is 0. The summed E-state index contributed by atoms with van der Waals surface area (Å²) in [4.78, 5) is 12.1. The van der Waals surface area contributed by atoms with Gasteiger partial charge in [0.05, 0.1) is 22.4 Å². The molecule has 5 heteroatoms. The van der Waals surface area contributed by atoms with Crippen LogP contribution in [0.25, 0.3) is 27.9 Å². The average molecular weight is 345 g/mol. The summed E-state index contributed by atoms with van der Waals surface area (Å²) in [6, 6.07) is 14.6. The van der Waals surface area contributed by atoms with Gasteiger partial charge in [0.1, 0.15) is 5.52 Å². The van der Waals surface area contributed by atoms with Crippen molar-refractivity contribution >= 4 is 27.9 Å². The molecule has 0 spiro atoms. The standard InChI is InChI=1S/C21H23N5/c1-5-25(6-2)17-11-12-18-19(13-17)23-21-20(22-18)15(4)24-26(21)16-9-7-14(3)8-10-16/h7-13H,5-6H2,1-4H3. The normalized spacial score (nSPS) is 11.4. The highest BCUT2D eigenvalue weighted by atomic mass is 15.3. The molecule has 0 aliphatic carbocycles. The predicted octanol–water partition coefficient (Wildman–Crippen LogP) is 4.43. The predicted molar refractivity (Wildman–Crippen MR) is 107 cm³/mol. The third-order valence-electron chi connectivity index (χ3n) is 4.83. The first kappa shape index (κ1) is 16.5. The SMILES string of the molecule is CCN(CC)c1ccc2nc3c(C)nn(-c4ccc(C)cc4)c3nc2c1. The Kier molecular flexibility index (Phi) is 4.07. The molecule has 2 aromatic heterocycles. The van der Waals surface area contributed by atoms with Crippen molar-refractivity contribution in [1.82, 2.24) is 19.7 Å². The first-order valence-electron chi connectivity index (χ1n) is 9.09. The van der Waals surface area contributed by atoms with Crippen LogP contribution in [0.1, 0.15) is 25.1 Å². The molecule has 0 unspecified atom stereocenters. The number of benzene rings is 2. The van der Waals surface area contributed by atoms with Crippen LogP contribution >= 0.6 is 0 Å². The second-order valence-electron chi connectivity index (χ2n) is 6.57. The first-order chi connectivity index (χ1) is 12.6. The Balaban J connectivity index is 1.93. The molecule has 132 valence electrons. The number of hydrogen-bond donors (Lipinski definition) is 0. The Morgan fingerprint density at radius 1 is 0.885 bits per heavy atom. The summed E-state index contributed by atoms with van der Waals surface area (Å²) in [5, 5.41) is 4.68. The Bertz CT molecular complexity index is 1080. The van der Waals surface area contributed by atoms with Gasteiger partial charge in [-0.25, -0.2) is 14.6 Å². The van der Waals surface area contributed by atoms with E-state index in [9.17, 15) is 0 Å². The van der Waals surface area contributed by atoms with Crippen molar-refractivity contribution in [2.24, 2.45) is 0 Å². The lowest BCUT2D eigenvalue weighted by Gasteiger charge is -2.21. The number of aromatic nitrogens is 4. The largest absolute Gasteiger partial charge is 0.372 e. The number of rotatable bonds is 4. The van der Waals surface area contributed by atoms with E-state index in [-0.39, 0.29) is 0 Å². The van der Waals surface area contributed by atoms with Gasteiger partial charge in [-0.1, -0.05) is 17.7 Å². The fraction of sp³-hybridized carbons (Fsp3) is 0.286. The Hall–Kier alpha value is -2.95. The number of aryl methyl sites for hydroxylation is 2. The zero-order valence-corrected chi connectivity index (χ0v) is 15.7. The van der Waals surface area contributed by atoms with Crippen molar-refractivity contribution in [1.29, 1.82) is 0 Å². The highest BCUT2D eigenvalue weighted by Gasteiger charge is 2.14. The molecule has 0 bridgehead atoms. The maximum Gasteiger partial charge on any atom is 0.182 e. The molecule has 5 nitrogen and oxygen atoms in total. The number of hydrogen-bond acceptors (Lipinski definition) is 4. The Labute approximate surface area is 153 Å². The second-order valence-corrected chi connectivity index (χ2v) is 6.57. The van der Waals surface area contributed by atoms with Gasteiger partial charge >= 0.3 is 0 Å². The molecule has 0 amide bonds. The van der Waals surface area contributed by atoms with E-state index in [1.54, 1.807) is 0 Å². The maximum atomic E-state index is 4.92. The van der Waals surface area contributed by atoms with E-state index in [0.717, 1.165) is 46.7 Å². The van der Waals surface area contributed by atoms with E-state index in [4.69, 9.17) is 9.97 Å². The molecule has 4 rings (SSSR count). The molecule has 0 radical (unpaired) electrons. The van der Waals surface area contributed by atoms with Crippen LogP contribution in [-0.4, -0.2) is 32.8 Å². The van der Waals surface area contributed by atoms with Gasteiger partial charge in [0.25, 0.3) is 0 Å². The molecule has 2 heterocycles. The molecule has 0 fully saturated rings. The van der Waals surface area contributed by atoms with Gasteiger partial charge in [0.15, 0.2) is 5.65 Å². The van der Waals surface area contributed by atoms with E-state index < -0.39 is 0 Å². The molecule has 0 saturated carbocycles. The van der Waals surface area contributed by atoms with E-state index in [1.165, 1.54) is 11.3 Å². The topological polar surface area (TPSA) is 46.8 Å². The van der Waals surface area contributed by atoms with Crippen molar-refractivity contribution in [2.75, 3.05) is 18.0 Å². The fourth-order valence-electron chi connectivity index (χ4n) is 3.32. The minimum absolute atomic E-state index is 0.801. The molecule has 0 aliphatic rings. The van der Waals surface area contributed by atoms with Gasteiger partial charge < -0.3 is 4.90 Å². The van der Waals surface area contributed by atoms with E-state index >= 15 is 0 Å². The molecular formula is C21H23N5. The molecule has 2 aromatic carbocycles. The molecule has 26 heavy (non-hydrogen) atoms. The molecule has 0 aliphatic heterocycles. The first-order valence-corrected chi connectivity index (χ1v) is 9.09. The van der Waals surface area contributed by atoms with Crippen molar-refractivity contribution in [3.05, 3.63) is 53.7 Å². The van der Waals surface area contributed by atoms with E-state index in [1.807, 2.05) is 11.6 Å². The van der Waals surface area contributed by atoms with Crippen LogP contribution in [0.15, 0.2) is 42.5 Å². The minimum atomic E-state index is 0.801. The van der Waals surface area contributed by atoms with Crippen LogP contribution in [-0.2, 0) is 0 Å². The van der Waals surface area contributed by atoms with Crippen LogP contribution in [0.5, 0.6) is 0 Å². The second kappa shape index (κ2) is 6.41. The number of nitrogens with zero attached hydrogens (tertiary/aromatic N) is 5. The van der Waals surface area contributed by atoms with Crippen LogP contribution < -0.4 is 4.90 Å². The molecule has 0 atom stereocenters. The van der Waals surface area contributed by atoms with E-state index in [0.29, 0.717) is 0 Å². The summed E-state index contributed by atoms with van der Waals surface area (Å²) < 4.78 is 1.89. The Morgan fingerprint density at radius 3 is 2.31 bits per heavy atom. The van der Waals surface area contributed by atoms with E-state index in [2.05, 4.69) is 73.2 Å². The minimum Gasteiger partial charge on any atom is -0.372 e. The molecular weight excluding hydrogens is 322 g/mol. The molecule has 4 aromatic rings. The van der Waals surface area contributed by atoms with Crippen molar-refractivity contribution in [3.63, 3.8) is 0 Å². The fourth-order valence-corrected chi connectivity index (χ4v) is 3.32. The van der Waals surface area contributed by atoms with Gasteiger partial charge in [-0.05, 0) is 58.0 Å². The third kappa shape index (κ3) is 2.69. The zero-order valence-electron chi connectivity index (χ0n) is 15.7. The van der Waals surface area contributed by atoms with Crippen LogP contribution in [0, 0.1) is 13.8 Å². The lowest BCUT2D eigenvalue weighted by molar-refractivity contribution is 0.866. The maximum absolute atomic E-state index is 4.92. The smallest absolute Gasteiger partial charge is 0.182 e. The van der Waals surface area contributed by atoms with Crippen LogP contribution in [0.2, 0.25) is 0 Å². The van der Waals surface area contributed by atoms with Crippen molar-refractivity contribution in [2.45, 2.75) is 27.7 Å². The van der Waals surface area contributed by atoms with Gasteiger partial charge in [0, 0.05) is 18.8 Å². The number of fused-ring (bicyclic) bond motifs is 2. The Morgan fingerprint density at radius 2 is 1.62 bits per heavy atom. The van der Waals surface area contributed by atoms with Gasteiger partial charge in [-0.3, -0.25) is 0 Å².